The fourth-order valence-electron chi connectivity index (χ4n) is 2.53. The first-order chi connectivity index (χ1) is 9.30. The number of H-pyrrole nitrogens is 1. The Kier molecular flexibility index (Phi) is 3.93. The van der Waals surface area contributed by atoms with Crippen LogP contribution >= 0.6 is 0 Å². The van der Waals surface area contributed by atoms with Crippen LogP contribution in [0, 0.1) is 13.8 Å². The Bertz CT molecular complexity index is 629. The average Bonchev–Trinajstić information content (AvgIpc) is 3.11. The third kappa shape index (κ3) is 2.47. The van der Waals surface area contributed by atoms with Gasteiger partial charge >= 0.3 is 5.97 Å². The van der Waals surface area contributed by atoms with Gasteiger partial charge in [0.1, 0.15) is 10.6 Å². The summed E-state index contributed by atoms with van der Waals surface area (Å²) < 4.78 is 27.1. The third-order valence-electron chi connectivity index (χ3n) is 3.55. The minimum absolute atomic E-state index is 0.0479. The van der Waals surface area contributed by atoms with Gasteiger partial charge in [-0.05, 0) is 33.1 Å². The van der Waals surface area contributed by atoms with Crippen molar-refractivity contribution in [1.82, 2.24) is 9.29 Å². The summed E-state index contributed by atoms with van der Waals surface area (Å²) in [6.45, 7) is 5.55. The highest BCUT2D eigenvalue weighted by Crippen LogP contribution is 2.34. The quantitative estimate of drug-likeness (QED) is 0.839. The summed E-state index contributed by atoms with van der Waals surface area (Å²) >= 11 is 0. The largest absolute Gasteiger partial charge is 0.477 e. The van der Waals surface area contributed by atoms with E-state index in [4.69, 9.17) is 5.11 Å². The molecule has 1 saturated carbocycles. The smallest absolute Gasteiger partial charge is 0.352 e. The number of aromatic amines is 1. The Morgan fingerprint density at radius 1 is 1.40 bits per heavy atom. The number of aromatic carboxylic acids is 1. The van der Waals surface area contributed by atoms with Crippen LogP contribution in [0.2, 0.25) is 0 Å². The summed E-state index contributed by atoms with van der Waals surface area (Å²) in [4.78, 5) is 13.9. The van der Waals surface area contributed by atoms with Crippen LogP contribution in [0.25, 0.3) is 0 Å². The molecule has 0 atom stereocenters. The number of hydrogen-bond donors (Lipinski definition) is 2. The molecule has 6 nitrogen and oxygen atoms in total. The zero-order chi connectivity index (χ0) is 15.1. The molecule has 0 amide bonds. The molecule has 1 fully saturated rings. The maximum absolute atomic E-state index is 12.8. The first-order valence-corrected chi connectivity index (χ1v) is 8.19. The topological polar surface area (TPSA) is 90.5 Å². The number of hydrogen-bond acceptors (Lipinski definition) is 3. The normalized spacial score (nSPS) is 15.8. The van der Waals surface area contributed by atoms with Gasteiger partial charge in [0.05, 0.1) is 0 Å². The molecule has 0 aromatic carbocycles. The number of aryl methyl sites for hydroxylation is 1. The Hall–Kier alpha value is -1.34. The van der Waals surface area contributed by atoms with E-state index in [1.54, 1.807) is 6.92 Å². The zero-order valence-corrected chi connectivity index (χ0v) is 12.7. The number of carboxylic acids is 1. The molecule has 0 spiro atoms. The Labute approximate surface area is 118 Å². The van der Waals surface area contributed by atoms with Gasteiger partial charge < -0.3 is 10.1 Å². The van der Waals surface area contributed by atoms with E-state index in [0.29, 0.717) is 12.2 Å². The monoisotopic (exact) mass is 300 g/mol. The fraction of sp³-hybridized carbons (Fsp3) is 0.615. The molecule has 7 heteroatoms. The molecule has 1 aromatic heterocycles. The van der Waals surface area contributed by atoms with Gasteiger partial charge in [0.15, 0.2) is 0 Å². The highest BCUT2D eigenvalue weighted by atomic mass is 32.2. The molecular weight excluding hydrogens is 280 g/mol. The molecule has 1 aliphatic carbocycles. The van der Waals surface area contributed by atoms with Gasteiger partial charge in [-0.3, -0.25) is 0 Å². The van der Waals surface area contributed by atoms with E-state index in [0.717, 1.165) is 19.3 Å². The van der Waals surface area contributed by atoms with Crippen molar-refractivity contribution >= 4 is 16.0 Å². The van der Waals surface area contributed by atoms with Crippen molar-refractivity contribution in [2.75, 3.05) is 6.54 Å². The summed E-state index contributed by atoms with van der Waals surface area (Å²) in [5, 5.41) is 9.09. The van der Waals surface area contributed by atoms with E-state index in [-0.39, 0.29) is 22.2 Å². The average molecular weight is 300 g/mol. The zero-order valence-electron chi connectivity index (χ0n) is 11.9. The SMILES string of the molecule is CCCN(C1CC1)S(=O)(=O)c1c(C)[nH]c(C(=O)O)c1C. The fourth-order valence-corrected chi connectivity index (χ4v) is 4.72. The van der Waals surface area contributed by atoms with Crippen molar-refractivity contribution in [3.05, 3.63) is 17.0 Å². The molecule has 0 aliphatic heterocycles. The van der Waals surface area contributed by atoms with Gasteiger partial charge in [-0.15, -0.1) is 0 Å². The first-order valence-electron chi connectivity index (χ1n) is 6.75. The van der Waals surface area contributed by atoms with E-state index >= 15 is 0 Å². The van der Waals surface area contributed by atoms with E-state index in [1.165, 1.54) is 11.2 Å². The van der Waals surface area contributed by atoms with Crippen LogP contribution in [0.3, 0.4) is 0 Å². The summed E-state index contributed by atoms with van der Waals surface area (Å²) in [6, 6.07) is 0.0712. The molecule has 112 valence electrons. The van der Waals surface area contributed by atoms with Crippen LogP contribution in [0.1, 0.15) is 47.9 Å². The molecule has 0 unspecified atom stereocenters. The number of carboxylic acid groups (broad SMARTS) is 1. The lowest BCUT2D eigenvalue weighted by Crippen LogP contribution is -2.34. The van der Waals surface area contributed by atoms with Gasteiger partial charge in [-0.1, -0.05) is 6.92 Å². The molecule has 20 heavy (non-hydrogen) atoms. The molecule has 1 aliphatic rings. The molecule has 0 saturated heterocycles. The maximum atomic E-state index is 12.8. The highest BCUT2D eigenvalue weighted by molar-refractivity contribution is 7.89. The number of sulfonamides is 1. The maximum Gasteiger partial charge on any atom is 0.352 e. The first kappa shape index (κ1) is 15.1. The number of carbonyl (C=O) groups is 1. The second-order valence-electron chi connectivity index (χ2n) is 5.23. The van der Waals surface area contributed by atoms with E-state index in [9.17, 15) is 13.2 Å². The van der Waals surface area contributed by atoms with Crippen molar-refractivity contribution < 1.29 is 18.3 Å². The van der Waals surface area contributed by atoms with Gasteiger partial charge in [-0.2, -0.15) is 4.31 Å². The lowest BCUT2D eigenvalue weighted by molar-refractivity contribution is 0.0690. The Morgan fingerprint density at radius 3 is 2.40 bits per heavy atom. The Balaban J connectivity index is 2.51. The van der Waals surface area contributed by atoms with Crippen molar-refractivity contribution in [2.45, 2.75) is 51.0 Å². The van der Waals surface area contributed by atoms with Crippen LogP contribution in [-0.2, 0) is 10.0 Å². The summed E-state index contributed by atoms with van der Waals surface area (Å²) in [6.07, 6.45) is 2.51. The van der Waals surface area contributed by atoms with Gasteiger partial charge in [0, 0.05) is 23.8 Å². The molecule has 1 heterocycles. The summed E-state index contributed by atoms with van der Waals surface area (Å²) in [5.74, 6) is -1.14. The van der Waals surface area contributed by atoms with Crippen molar-refractivity contribution in [3.8, 4) is 0 Å². The lowest BCUT2D eigenvalue weighted by atomic mass is 10.2. The number of rotatable bonds is 6. The van der Waals surface area contributed by atoms with Crippen LogP contribution < -0.4 is 0 Å². The molecule has 0 bridgehead atoms. The lowest BCUT2D eigenvalue weighted by Gasteiger charge is -2.21. The van der Waals surface area contributed by atoms with Crippen LogP contribution in [0.15, 0.2) is 4.90 Å². The van der Waals surface area contributed by atoms with Crippen LogP contribution in [0.4, 0.5) is 0 Å². The molecular formula is C13H20N2O4S. The van der Waals surface area contributed by atoms with E-state index in [1.807, 2.05) is 6.92 Å². The second-order valence-corrected chi connectivity index (χ2v) is 7.06. The summed E-state index contributed by atoms with van der Waals surface area (Å²) in [5.41, 5.74) is 0.631. The third-order valence-corrected chi connectivity index (χ3v) is 5.77. The van der Waals surface area contributed by atoms with Gasteiger partial charge in [0.25, 0.3) is 0 Å². The number of aromatic nitrogens is 1. The van der Waals surface area contributed by atoms with Gasteiger partial charge in [0.2, 0.25) is 10.0 Å². The van der Waals surface area contributed by atoms with E-state index < -0.39 is 16.0 Å². The highest BCUT2D eigenvalue weighted by Gasteiger charge is 2.40. The minimum Gasteiger partial charge on any atom is -0.477 e. The standard InChI is InChI=1S/C13H20N2O4S/c1-4-7-15(10-5-6-10)20(18,19)12-8(2)11(13(16)17)14-9(12)3/h10,14H,4-7H2,1-3H3,(H,16,17). The van der Waals surface area contributed by atoms with Crippen molar-refractivity contribution in [2.24, 2.45) is 0 Å². The number of nitrogens with one attached hydrogen (secondary N) is 1. The van der Waals surface area contributed by atoms with Crippen LogP contribution in [-0.4, -0.2) is 41.4 Å². The van der Waals surface area contributed by atoms with Gasteiger partial charge in [-0.25, -0.2) is 13.2 Å². The van der Waals surface area contributed by atoms with Crippen molar-refractivity contribution in [1.29, 1.82) is 0 Å². The second kappa shape index (κ2) is 5.21. The predicted molar refractivity (Wildman–Crippen MR) is 74.4 cm³/mol. The van der Waals surface area contributed by atoms with Crippen LogP contribution in [0.5, 0.6) is 0 Å². The minimum atomic E-state index is -3.64. The molecule has 0 radical (unpaired) electrons. The Morgan fingerprint density at radius 2 is 2.00 bits per heavy atom. The van der Waals surface area contributed by atoms with Crippen molar-refractivity contribution in [3.63, 3.8) is 0 Å². The predicted octanol–water partition coefficient (Wildman–Crippen LogP) is 1.89. The summed E-state index contributed by atoms with van der Waals surface area (Å²) in [7, 11) is -3.64. The molecule has 2 N–H and O–H groups in total. The van der Waals surface area contributed by atoms with E-state index in [2.05, 4.69) is 4.98 Å². The number of nitrogens with zero attached hydrogens (tertiary/aromatic N) is 1. The molecule has 1 aromatic rings. The molecule has 2 rings (SSSR count).